The summed E-state index contributed by atoms with van der Waals surface area (Å²) in [6, 6.07) is 12.7. The van der Waals surface area contributed by atoms with E-state index in [2.05, 4.69) is 4.98 Å². The summed E-state index contributed by atoms with van der Waals surface area (Å²) in [4.78, 5) is 17.4. The van der Waals surface area contributed by atoms with Crippen molar-refractivity contribution >= 4 is 23.1 Å². The lowest BCUT2D eigenvalue weighted by Gasteiger charge is -2.20. The Balaban J connectivity index is 2.47. The molecule has 0 fully saturated rings. The van der Waals surface area contributed by atoms with E-state index in [1.165, 1.54) is 11.8 Å². The summed E-state index contributed by atoms with van der Waals surface area (Å²) in [5.74, 6) is 0.429. The average Bonchev–Trinajstić information content (AvgIpc) is 2.30. The molecule has 0 spiro atoms. The summed E-state index contributed by atoms with van der Waals surface area (Å²) in [6.07, 6.45) is 1.59. The predicted octanol–water partition coefficient (Wildman–Crippen LogP) is 2.35. The second-order valence-electron chi connectivity index (χ2n) is 3.64. The molecule has 0 atom stereocenters. The lowest BCUT2D eigenvalue weighted by molar-refractivity contribution is -0.115. The van der Waals surface area contributed by atoms with Crippen molar-refractivity contribution in [3.05, 3.63) is 48.7 Å². The number of nitrogens with two attached hydrogens (primary N) is 1. The van der Waals surface area contributed by atoms with Crippen LogP contribution in [0.5, 0.6) is 0 Å². The first-order valence-corrected chi connectivity index (χ1v) is 5.26. The lowest BCUT2D eigenvalue weighted by Crippen LogP contribution is -2.23. The fraction of sp³-hybridized carbons (Fsp3) is 0.0769. The topological polar surface area (TPSA) is 59.2 Å². The van der Waals surface area contributed by atoms with Gasteiger partial charge in [0, 0.05) is 24.9 Å². The molecular formula is C13H13N3O. The number of nitrogens with zero attached hydrogens (tertiary/aromatic N) is 2. The van der Waals surface area contributed by atoms with Gasteiger partial charge in [0.05, 0.1) is 5.69 Å². The summed E-state index contributed by atoms with van der Waals surface area (Å²) < 4.78 is 0. The Bertz CT molecular complexity index is 525. The number of para-hydroxylation sites is 1. The Labute approximate surface area is 99.7 Å². The molecule has 17 heavy (non-hydrogen) atoms. The Morgan fingerprint density at radius 2 is 1.94 bits per heavy atom. The van der Waals surface area contributed by atoms with E-state index in [1.807, 2.05) is 30.3 Å². The first-order valence-electron chi connectivity index (χ1n) is 5.26. The van der Waals surface area contributed by atoms with Crippen LogP contribution < -0.4 is 10.6 Å². The summed E-state index contributed by atoms with van der Waals surface area (Å²) in [6.45, 7) is 1.50. The molecule has 86 valence electrons. The maximum Gasteiger partial charge on any atom is 0.229 e. The summed E-state index contributed by atoms with van der Waals surface area (Å²) >= 11 is 0. The molecule has 0 aliphatic heterocycles. The van der Waals surface area contributed by atoms with Gasteiger partial charge in [-0.2, -0.15) is 0 Å². The van der Waals surface area contributed by atoms with Gasteiger partial charge >= 0.3 is 0 Å². The SMILES string of the molecule is CC(=O)N(c1ccccc1)c1cc(N)ccn1. The van der Waals surface area contributed by atoms with Crippen LogP contribution in [-0.2, 0) is 4.79 Å². The number of carbonyl (C=O) groups excluding carboxylic acids is 1. The van der Waals surface area contributed by atoms with Gasteiger partial charge in [-0.15, -0.1) is 0 Å². The zero-order valence-electron chi connectivity index (χ0n) is 9.50. The molecule has 0 aliphatic carbocycles. The van der Waals surface area contributed by atoms with Gasteiger partial charge in [-0.1, -0.05) is 18.2 Å². The minimum Gasteiger partial charge on any atom is -0.399 e. The number of hydrogen-bond acceptors (Lipinski definition) is 3. The van der Waals surface area contributed by atoms with E-state index in [0.717, 1.165) is 5.69 Å². The summed E-state index contributed by atoms with van der Waals surface area (Å²) in [7, 11) is 0. The monoisotopic (exact) mass is 227 g/mol. The minimum atomic E-state index is -0.102. The minimum absolute atomic E-state index is 0.102. The first kappa shape index (κ1) is 11.1. The number of amides is 1. The molecule has 1 aromatic carbocycles. The van der Waals surface area contributed by atoms with Crippen molar-refractivity contribution in [2.24, 2.45) is 0 Å². The van der Waals surface area contributed by atoms with Gasteiger partial charge in [0.15, 0.2) is 0 Å². The van der Waals surface area contributed by atoms with Crippen LogP contribution in [0.25, 0.3) is 0 Å². The van der Waals surface area contributed by atoms with Crippen LogP contribution in [-0.4, -0.2) is 10.9 Å². The highest BCUT2D eigenvalue weighted by Gasteiger charge is 2.14. The number of rotatable bonds is 2. The second-order valence-corrected chi connectivity index (χ2v) is 3.64. The number of hydrogen-bond donors (Lipinski definition) is 1. The van der Waals surface area contributed by atoms with E-state index in [-0.39, 0.29) is 5.91 Å². The van der Waals surface area contributed by atoms with Gasteiger partial charge < -0.3 is 5.73 Å². The van der Waals surface area contributed by atoms with Gasteiger partial charge in [-0.05, 0) is 18.2 Å². The zero-order valence-corrected chi connectivity index (χ0v) is 9.50. The summed E-state index contributed by atoms with van der Waals surface area (Å²) in [5, 5.41) is 0. The molecule has 0 aliphatic rings. The number of pyridine rings is 1. The Morgan fingerprint density at radius 3 is 2.53 bits per heavy atom. The molecule has 4 heteroatoms. The normalized spacial score (nSPS) is 9.94. The van der Waals surface area contributed by atoms with Crippen LogP contribution in [0.3, 0.4) is 0 Å². The number of benzene rings is 1. The highest BCUT2D eigenvalue weighted by molar-refractivity contribution is 5.98. The standard InChI is InChI=1S/C13H13N3O/c1-10(17)16(12-5-3-2-4-6-12)13-9-11(14)7-8-15-13/h2-9H,1H3,(H2,14,15). The molecule has 2 aromatic rings. The van der Waals surface area contributed by atoms with Crippen molar-refractivity contribution in [3.8, 4) is 0 Å². The van der Waals surface area contributed by atoms with E-state index in [9.17, 15) is 4.79 Å². The van der Waals surface area contributed by atoms with E-state index in [1.54, 1.807) is 18.3 Å². The van der Waals surface area contributed by atoms with Crippen molar-refractivity contribution in [2.75, 3.05) is 10.6 Å². The summed E-state index contributed by atoms with van der Waals surface area (Å²) in [5.41, 5.74) is 7.05. The largest absolute Gasteiger partial charge is 0.399 e. The zero-order chi connectivity index (χ0) is 12.3. The number of carbonyl (C=O) groups is 1. The van der Waals surface area contributed by atoms with E-state index in [4.69, 9.17) is 5.73 Å². The highest BCUT2D eigenvalue weighted by Crippen LogP contribution is 2.24. The maximum atomic E-state index is 11.7. The molecule has 1 heterocycles. The predicted molar refractivity (Wildman–Crippen MR) is 67.9 cm³/mol. The Morgan fingerprint density at radius 1 is 1.24 bits per heavy atom. The molecule has 0 saturated carbocycles. The molecule has 0 saturated heterocycles. The smallest absolute Gasteiger partial charge is 0.229 e. The van der Waals surface area contributed by atoms with Crippen molar-refractivity contribution in [1.29, 1.82) is 0 Å². The number of aromatic nitrogens is 1. The number of anilines is 3. The van der Waals surface area contributed by atoms with Crippen LogP contribution in [0, 0.1) is 0 Å². The number of nitrogen functional groups attached to an aromatic ring is 1. The Kier molecular flexibility index (Phi) is 3.05. The van der Waals surface area contributed by atoms with Gasteiger partial charge in [0.2, 0.25) is 5.91 Å². The molecular weight excluding hydrogens is 214 g/mol. The third-order valence-corrected chi connectivity index (χ3v) is 2.33. The molecule has 0 bridgehead atoms. The Hall–Kier alpha value is -2.36. The highest BCUT2D eigenvalue weighted by atomic mass is 16.2. The van der Waals surface area contributed by atoms with Gasteiger partial charge in [-0.3, -0.25) is 9.69 Å². The van der Waals surface area contributed by atoms with Gasteiger partial charge in [-0.25, -0.2) is 4.98 Å². The first-order chi connectivity index (χ1) is 8.18. The van der Waals surface area contributed by atoms with Crippen LogP contribution >= 0.6 is 0 Å². The van der Waals surface area contributed by atoms with Gasteiger partial charge in [0.25, 0.3) is 0 Å². The lowest BCUT2D eigenvalue weighted by atomic mass is 10.2. The van der Waals surface area contributed by atoms with E-state index >= 15 is 0 Å². The maximum absolute atomic E-state index is 11.7. The third-order valence-electron chi connectivity index (χ3n) is 2.33. The molecule has 1 aromatic heterocycles. The van der Waals surface area contributed by atoms with Crippen LogP contribution in [0.4, 0.5) is 17.2 Å². The van der Waals surface area contributed by atoms with E-state index in [0.29, 0.717) is 11.5 Å². The third kappa shape index (κ3) is 2.42. The van der Waals surface area contributed by atoms with Crippen molar-refractivity contribution in [2.45, 2.75) is 6.92 Å². The second kappa shape index (κ2) is 4.65. The molecule has 2 rings (SSSR count). The van der Waals surface area contributed by atoms with Gasteiger partial charge in [0.1, 0.15) is 5.82 Å². The molecule has 0 radical (unpaired) electrons. The van der Waals surface area contributed by atoms with Crippen molar-refractivity contribution in [1.82, 2.24) is 4.98 Å². The van der Waals surface area contributed by atoms with Crippen molar-refractivity contribution < 1.29 is 4.79 Å². The van der Waals surface area contributed by atoms with E-state index < -0.39 is 0 Å². The van der Waals surface area contributed by atoms with Crippen LogP contribution in [0.2, 0.25) is 0 Å². The quantitative estimate of drug-likeness (QED) is 0.856. The average molecular weight is 227 g/mol. The molecule has 2 N–H and O–H groups in total. The van der Waals surface area contributed by atoms with Crippen molar-refractivity contribution in [3.63, 3.8) is 0 Å². The fourth-order valence-corrected chi connectivity index (χ4v) is 1.61. The van der Waals surface area contributed by atoms with Crippen LogP contribution in [0.1, 0.15) is 6.92 Å². The fourth-order valence-electron chi connectivity index (χ4n) is 1.61. The van der Waals surface area contributed by atoms with Crippen LogP contribution in [0.15, 0.2) is 48.7 Å². The molecule has 4 nitrogen and oxygen atoms in total. The molecule has 0 unspecified atom stereocenters. The molecule has 1 amide bonds.